The molecule has 2 aliphatic rings. The summed E-state index contributed by atoms with van der Waals surface area (Å²) in [5, 5.41) is 24.0. The van der Waals surface area contributed by atoms with Gasteiger partial charge in [0.2, 0.25) is 0 Å². The van der Waals surface area contributed by atoms with Gasteiger partial charge in [0.05, 0.1) is 31.6 Å². The predicted molar refractivity (Wildman–Crippen MR) is 114 cm³/mol. The molecular weight excluding hydrogens is 443 g/mol. The quantitative estimate of drug-likeness (QED) is 0.693. The van der Waals surface area contributed by atoms with Gasteiger partial charge in [0.15, 0.2) is 0 Å². The number of alkyl halides is 3. The van der Waals surface area contributed by atoms with Crippen LogP contribution in [0.25, 0.3) is 0 Å². The van der Waals surface area contributed by atoms with Gasteiger partial charge in [-0.3, -0.25) is 9.58 Å². The lowest BCUT2D eigenvalue weighted by atomic mass is 9.81. The van der Waals surface area contributed by atoms with E-state index in [-0.39, 0.29) is 11.6 Å². The lowest BCUT2D eigenvalue weighted by Gasteiger charge is -2.47. The highest BCUT2D eigenvalue weighted by Gasteiger charge is 2.48. The van der Waals surface area contributed by atoms with Crippen LogP contribution >= 0.6 is 11.3 Å². The van der Waals surface area contributed by atoms with Crippen LogP contribution in [-0.4, -0.2) is 49.7 Å². The molecule has 0 aromatic carbocycles. The molecule has 0 amide bonds. The first-order valence-electron chi connectivity index (χ1n) is 10.9. The highest BCUT2D eigenvalue weighted by Crippen LogP contribution is 2.51. The van der Waals surface area contributed by atoms with E-state index in [1.54, 1.807) is 24.7 Å². The van der Waals surface area contributed by atoms with Gasteiger partial charge in [-0.1, -0.05) is 0 Å². The molecule has 1 fully saturated rings. The number of piperidine rings is 1. The van der Waals surface area contributed by atoms with Crippen molar-refractivity contribution in [1.82, 2.24) is 14.7 Å². The van der Waals surface area contributed by atoms with Crippen molar-refractivity contribution in [1.29, 1.82) is 0 Å². The second-order valence-electron chi connectivity index (χ2n) is 9.60. The Morgan fingerprint density at radius 3 is 2.72 bits per heavy atom. The summed E-state index contributed by atoms with van der Waals surface area (Å²) < 4.78 is 48.7. The Labute approximate surface area is 189 Å². The average Bonchev–Trinajstić information content (AvgIpc) is 3.27. The van der Waals surface area contributed by atoms with Crippen LogP contribution in [0.3, 0.4) is 0 Å². The van der Waals surface area contributed by atoms with Crippen molar-refractivity contribution in [2.45, 2.75) is 83.2 Å². The number of likely N-dealkylation sites (tertiary alicyclic amines) is 1. The predicted octanol–water partition coefficient (Wildman–Crippen LogP) is 3.68. The third kappa shape index (κ3) is 4.61. The number of thiophene rings is 1. The third-order valence-corrected chi connectivity index (χ3v) is 7.85. The van der Waals surface area contributed by atoms with E-state index in [2.05, 4.69) is 16.9 Å². The van der Waals surface area contributed by atoms with Crippen LogP contribution < -0.4 is 0 Å². The molecule has 4 heterocycles. The van der Waals surface area contributed by atoms with E-state index >= 15 is 0 Å². The Balaban J connectivity index is 1.52. The van der Waals surface area contributed by atoms with Gasteiger partial charge in [-0.15, -0.1) is 11.3 Å². The second kappa shape index (κ2) is 8.39. The first-order chi connectivity index (χ1) is 14.9. The van der Waals surface area contributed by atoms with Gasteiger partial charge in [0.1, 0.15) is 10.5 Å². The number of ether oxygens (including phenoxy) is 1. The van der Waals surface area contributed by atoms with Gasteiger partial charge >= 0.3 is 6.18 Å². The molecular formula is C22H30F3N3O3S. The summed E-state index contributed by atoms with van der Waals surface area (Å²) in [6, 6.07) is 0.0985. The highest BCUT2D eigenvalue weighted by molar-refractivity contribution is 7.12. The molecule has 2 aromatic rings. The molecule has 178 valence electrons. The minimum absolute atomic E-state index is 0.0227. The van der Waals surface area contributed by atoms with E-state index in [0.29, 0.717) is 55.9 Å². The minimum Gasteiger partial charge on any atom is -0.392 e. The van der Waals surface area contributed by atoms with Gasteiger partial charge < -0.3 is 14.9 Å². The molecule has 1 spiro atoms. The van der Waals surface area contributed by atoms with Crippen molar-refractivity contribution < 1.29 is 28.1 Å². The summed E-state index contributed by atoms with van der Waals surface area (Å²) in [5.41, 5.74) is 0.0969. The minimum atomic E-state index is -4.48. The van der Waals surface area contributed by atoms with Crippen molar-refractivity contribution in [3.8, 4) is 0 Å². The van der Waals surface area contributed by atoms with Gasteiger partial charge in [-0.2, -0.15) is 18.3 Å². The number of fused-ring (bicyclic) bond motifs is 2. The van der Waals surface area contributed by atoms with Crippen molar-refractivity contribution >= 4 is 11.3 Å². The molecule has 0 radical (unpaired) electrons. The highest BCUT2D eigenvalue weighted by atomic mass is 32.1. The second-order valence-corrected chi connectivity index (χ2v) is 10.6. The normalized spacial score (nSPS) is 24.8. The molecule has 32 heavy (non-hydrogen) atoms. The molecule has 2 atom stereocenters. The fourth-order valence-electron chi connectivity index (χ4n) is 4.97. The Morgan fingerprint density at radius 1 is 1.34 bits per heavy atom. The molecule has 10 heteroatoms. The lowest BCUT2D eigenvalue weighted by molar-refractivity contribution is -0.135. The van der Waals surface area contributed by atoms with Gasteiger partial charge in [0.25, 0.3) is 0 Å². The van der Waals surface area contributed by atoms with Crippen LogP contribution in [0.2, 0.25) is 0 Å². The van der Waals surface area contributed by atoms with Gasteiger partial charge in [0, 0.05) is 41.3 Å². The number of aliphatic hydroxyl groups is 2. The molecule has 6 nitrogen and oxygen atoms in total. The zero-order chi connectivity index (χ0) is 23.3. The standard InChI is InChI=1S/C22H30F3N3O3S/c1-14-8-21(5-6-27(14)10-15-9-26-28(11-15)13-20(2,3)30)18-16(4-7-31-21)17(12-29)19(32-18)22(23,24)25/h9,11,14,29-30H,4-8,10,12-13H2,1-3H3/t14-,21+/m0/s1. The van der Waals surface area contributed by atoms with Crippen LogP contribution in [0.15, 0.2) is 12.4 Å². The molecule has 2 aliphatic heterocycles. The summed E-state index contributed by atoms with van der Waals surface area (Å²) in [6.45, 7) is 7.06. The number of hydrogen-bond acceptors (Lipinski definition) is 6. The Kier molecular flexibility index (Phi) is 6.21. The maximum atomic E-state index is 13.6. The Hall–Kier alpha value is -1.46. The average molecular weight is 474 g/mol. The number of rotatable bonds is 5. The fraction of sp³-hybridized carbons (Fsp3) is 0.682. The van der Waals surface area contributed by atoms with E-state index in [4.69, 9.17) is 4.74 Å². The summed E-state index contributed by atoms with van der Waals surface area (Å²) in [7, 11) is 0. The summed E-state index contributed by atoms with van der Waals surface area (Å²) in [5.74, 6) is 0. The molecule has 0 saturated carbocycles. The first kappa shape index (κ1) is 23.7. The topological polar surface area (TPSA) is 70.8 Å². The number of nitrogens with zero attached hydrogens (tertiary/aromatic N) is 3. The van der Waals surface area contributed by atoms with E-state index in [1.165, 1.54) is 0 Å². The fourth-order valence-corrected chi connectivity index (χ4v) is 6.38. The van der Waals surface area contributed by atoms with Crippen LogP contribution in [0.4, 0.5) is 13.2 Å². The summed E-state index contributed by atoms with van der Waals surface area (Å²) in [4.78, 5) is 2.24. The van der Waals surface area contributed by atoms with E-state index in [1.807, 2.05) is 6.20 Å². The van der Waals surface area contributed by atoms with E-state index in [0.717, 1.165) is 16.9 Å². The van der Waals surface area contributed by atoms with Crippen LogP contribution in [0, 0.1) is 0 Å². The number of aliphatic hydroxyl groups excluding tert-OH is 1. The number of hydrogen-bond donors (Lipinski definition) is 2. The van der Waals surface area contributed by atoms with Crippen LogP contribution in [-0.2, 0) is 42.6 Å². The van der Waals surface area contributed by atoms with Crippen LogP contribution in [0.5, 0.6) is 0 Å². The maximum Gasteiger partial charge on any atom is 0.425 e. The van der Waals surface area contributed by atoms with E-state index in [9.17, 15) is 23.4 Å². The molecule has 0 aliphatic carbocycles. The van der Waals surface area contributed by atoms with Crippen LogP contribution in [0.1, 0.15) is 60.1 Å². The summed E-state index contributed by atoms with van der Waals surface area (Å²) in [6.07, 6.45) is 0.841. The number of halogens is 3. The molecule has 0 bridgehead atoms. The first-order valence-corrected chi connectivity index (χ1v) is 11.7. The van der Waals surface area contributed by atoms with Crippen molar-refractivity contribution in [2.75, 3.05) is 13.2 Å². The number of aromatic nitrogens is 2. The largest absolute Gasteiger partial charge is 0.425 e. The Morgan fingerprint density at radius 2 is 2.09 bits per heavy atom. The van der Waals surface area contributed by atoms with Crippen molar-refractivity contribution in [2.24, 2.45) is 0 Å². The van der Waals surface area contributed by atoms with Gasteiger partial charge in [-0.05, 0) is 45.6 Å². The van der Waals surface area contributed by atoms with E-state index < -0.39 is 28.9 Å². The van der Waals surface area contributed by atoms with Crippen molar-refractivity contribution in [3.05, 3.63) is 38.8 Å². The third-order valence-electron chi connectivity index (χ3n) is 6.35. The maximum absolute atomic E-state index is 13.6. The zero-order valence-electron chi connectivity index (χ0n) is 18.6. The summed E-state index contributed by atoms with van der Waals surface area (Å²) >= 11 is 0.749. The van der Waals surface area contributed by atoms with Crippen molar-refractivity contribution in [3.63, 3.8) is 0 Å². The SMILES string of the molecule is C[C@H]1C[C@@]2(CCN1Cc1cnn(CC(C)(C)O)c1)OCCc1c2sc(C(F)(F)F)c1CO. The molecule has 2 N–H and O–H groups in total. The lowest BCUT2D eigenvalue weighted by Crippen LogP contribution is -2.50. The van der Waals surface area contributed by atoms with Gasteiger partial charge in [-0.25, -0.2) is 0 Å². The molecule has 1 saturated heterocycles. The monoisotopic (exact) mass is 473 g/mol. The smallest absolute Gasteiger partial charge is 0.392 e. The zero-order valence-corrected chi connectivity index (χ0v) is 19.4. The molecule has 0 unspecified atom stereocenters. The molecule has 4 rings (SSSR count). The Bertz CT molecular complexity index is 966. The molecule has 2 aromatic heterocycles.